The number of ketones is 1. The minimum absolute atomic E-state index is 0.148. The van der Waals surface area contributed by atoms with Crippen LogP contribution in [0.5, 0.6) is 0 Å². The van der Waals surface area contributed by atoms with Crippen LogP contribution < -0.4 is 5.32 Å². The Bertz CT molecular complexity index is 827. The van der Waals surface area contributed by atoms with Crippen LogP contribution in [0.2, 0.25) is 0 Å². The molecule has 3 aliphatic rings. The second-order valence-electron chi connectivity index (χ2n) is 11.1. The molecule has 1 heterocycles. The van der Waals surface area contributed by atoms with E-state index in [1.54, 1.807) is 12.4 Å². The Morgan fingerprint density at radius 3 is 2.85 bits per heavy atom. The van der Waals surface area contributed by atoms with Gasteiger partial charge in [0.05, 0.1) is 18.4 Å². The number of ether oxygens (including phenoxy) is 1. The van der Waals surface area contributed by atoms with Crippen molar-refractivity contribution in [2.75, 3.05) is 25.6 Å². The van der Waals surface area contributed by atoms with E-state index in [2.05, 4.69) is 24.1 Å². The topological polar surface area (TPSA) is 75.1 Å². The van der Waals surface area contributed by atoms with Crippen molar-refractivity contribution in [1.29, 1.82) is 5.41 Å². The molecule has 182 valence electrons. The van der Waals surface area contributed by atoms with E-state index < -0.39 is 0 Å². The highest BCUT2D eigenvalue weighted by Gasteiger charge is 2.57. The van der Waals surface area contributed by atoms with Gasteiger partial charge in [0.2, 0.25) is 0 Å². The van der Waals surface area contributed by atoms with Crippen molar-refractivity contribution in [2.24, 2.45) is 40.9 Å². The van der Waals surface area contributed by atoms with Crippen molar-refractivity contribution in [3.63, 3.8) is 0 Å². The number of carbonyl (C=O) groups is 1. The van der Waals surface area contributed by atoms with Gasteiger partial charge in [0.15, 0.2) is 5.78 Å². The molecular formula is C28H43N3O2. The average Bonchev–Trinajstić information content (AvgIpc) is 3.19. The number of pyridine rings is 1. The summed E-state index contributed by atoms with van der Waals surface area (Å²) in [5.41, 5.74) is 1.71. The fourth-order valence-corrected chi connectivity index (χ4v) is 8.16. The van der Waals surface area contributed by atoms with Crippen molar-refractivity contribution in [2.45, 2.75) is 71.6 Å². The quantitative estimate of drug-likeness (QED) is 0.427. The van der Waals surface area contributed by atoms with E-state index in [4.69, 9.17) is 10.1 Å². The predicted molar refractivity (Wildman–Crippen MR) is 134 cm³/mol. The molecule has 0 bridgehead atoms. The Kier molecular flexibility index (Phi) is 7.88. The number of nitrogens with one attached hydrogen (secondary N) is 2. The molecule has 7 atom stereocenters. The van der Waals surface area contributed by atoms with E-state index in [1.165, 1.54) is 57.6 Å². The summed E-state index contributed by atoms with van der Waals surface area (Å²) in [7, 11) is 1.83. The molecule has 2 N–H and O–H groups in total. The van der Waals surface area contributed by atoms with E-state index in [-0.39, 0.29) is 11.3 Å². The van der Waals surface area contributed by atoms with Crippen LogP contribution in [0.3, 0.4) is 0 Å². The third kappa shape index (κ3) is 4.76. The fourth-order valence-electron chi connectivity index (χ4n) is 8.16. The first kappa shape index (κ1) is 24.4. The summed E-state index contributed by atoms with van der Waals surface area (Å²) in [4.78, 5) is 17.6. The molecule has 3 aliphatic carbocycles. The van der Waals surface area contributed by atoms with E-state index in [0.717, 1.165) is 48.0 Å². The van der Waals surface area contributed by atoms with Gasteiger partial charge in [-0.15, -0.1) is 0 Å². The third-order valence-corrected chi connectivity index (χ3v) is 9.69. The van der Waals surface area contributed by atoms with Crippen LogP contribution in [-0.4, -0.2) is 37.2 Å². The van der Waals surface area contributed by atoms with Crippen molar-refractivity contribution < 1.29 is 9.53 Å². The lowest BCUT2D eigenvalue weighted by Gasteiger charge is -2.54. The molecule has 3 fully saturated rings. The number of methoxy groups -OCH3 is 1. The van der Waals surface area contributed by atoms with Gasteiger partial charge in [-0.2, -0.15) is 0 Å². The summed E-state index contributed by atoms with van der Waals surface area (Å²) in [6, 6.07) is 1.81. The zero-order valence-electron chi connectivity index (χ0n) is 20.8. The third-order valence-electron chi connectivity index (χ3n) is 9.69. The Labute approximate surface area is 200 Å². The lowest BCUT2D eigenvalue weighted by atomic mass is 9.50. The number of aromatic nitrogens is 1. The van der Waals surface area contributed by atoms with Gasteiger partial charge >= 0.3 is 0 Å². The molecule has 0 spiro atoms. The smallest absolute Gasteiger partial charge is 0.155 e. The number of hydrogen-bond acceptors (Lipinski definition) is 5. The molecule has 0 aromatic carbocycles. The van der Waals surface area contributed by atoms with Gasteiger partial charge in [0.25, 0.3) is 0 Å². The van der Waals surface area contributed by atoms with Gasteiger partial charge in [-0.05, 0) is 86.0 Å². The lowest BCUT2D eigenvalue weighted by molar-refractivity contribution is -0.128. The first-order valence-corrected chi connectivity index (χ1v) is 13.2. The highest BCUT2D eigenvalue weighted by Crippen LogP contribution is 2.63. The molecule has 4 rings (SSSR count). The standard InChI is InChI=1S/C28H43N3O2/c1-4-5-21-19(12-15-33-3)6-7-23-22(21)10-13-28(2)24(23)8-9-25(28)27(32)18-31-26-17-30-14-11-20(26)16-29/h11,14,16-17,19,21-25,29,31H,4-10,12-13,15,18H2,1-3H3. The Morgan fingerprint density at radius 1 is 1.24 bits per heavy atom. The van der Waals surface area contributed by atoms with Gasteiger partial charge < -0.3 is 15.5 Å². The Balaban J connectivity index is 1.44. The molecule has 5 nitrogen and oxygen atoms in total. The van der Waals surface area contributed by atoms with Crippen molar-refractivity contribution in [3.8, 4) is 0 Å². The van der Waals surface area contributed by atoms with Crippen molar-refractivity contribution in [3.05, 3.63) is 24.0 Å². The average molecular weight is 454 g/mol. The minimum atomic E-state index is 0.148. The van der Waals surface area contributed by atoms with Crippen molar-refractivity contribution in [1.82, 2.24) is 4.98 Å². The number of fused-ring (bicyclic) bond motifs is 3. The maximum absolute atomic E-state index is 13.4. The number of carbonyl (C=O) groups excluding carboxylic acids is 1. The maximum atomic E-state index is 13.4. The Morgan fingerprint density at radius 2 is 2.09 bits per heavy atom. The molecule has 1 aromatic heterocycles. The van der Waals surface area contributed by atoms with Crippen LogP contribution in [0.25, 0.3) is 0 Å². The van der Waals surface area contributed by atoms with Gasteiger partial charge in [0, 0.05) is 37.6 Å². The molecule has 3 saturated carbocycles. The minimum Gasteiger partial charge on any atom is -0.385 e. The van der Waals surface area contributed by atoms with Crippen LogP contribution >= 0.6 is 0 Å². The first-order valence-electron chi connectivity index (χ1n) is 13.2. The summed E-state index contributed by atoms with van der Waals surface area (Å²) in [6.45, 7) is 6.00. The Hall–Kier alpha value is -1.75. The predicted octanol–water partition coefficient (Wildman–Crippen LogP) is 5.98. The van der Waals surface area contributed by atoms with Gasteiger partial charge in [-0.25, -0.2) is 0 Å². The maximum Gasteiger partial charge on any atom is 0.155 e. The fraction of sp³-hybridized carbons (Fsp3) is 0.750. The molecule has 33 heavy (non-hydrogen) atoms. The van der Waals surface area contributed by atoms with E-state index in [0.29, 0.717) is 18.2 Å². The van der Waals surface area contributed by atoms with Crippen LogP contribution in [0, 0.1) is 46.3 Å². The van der Waals surface area contributed by atoms with E-state index in [1.807, 2.05) is 13.2 Å². The summed E-state index contributed by atoms with van der Waals surface area (Å²) in [5.74, 6) is 4.51. The summed E-state index contributed by atoms with van der Waals surface area (Å²) >= 11 is 0. The zero-order chi connectivity index (χ0) is 23.4. The molecule has 1 aromatic rings. The number of anilines is 1. The number of Topliss-reactive ketones (excluding diaryl/α,β-unsaturated/α-hetero) is 1. The van der Waals surface area contributed by atoms with Gasteiger partial charge in [-0.1, -0.05) is 26.7 Å². The molecule has 0 saturated heterocycles. The molecule has 0 amide bonds. The van der Waals surface area contributed by atoms with Crippen molar-refractivity contribution >= 4 is 17.7 Å². The zero-order valence-corrected chi connectivity index (χ0v) is 20.8. The molecule has 7 unspecified atom stereocenters. The monoisotopic (exact) mass is 453 g/mol. The highest BCUT2D eigenvalue weighted by atomic mass is 16.5. The number of nitrogens with zero attached hydrogens (tertiary/aromatic N) is 1. The van der Waals surface area contributed by atoms with Crippen LogP contribution in [0.15, 0.2) is 18.5 Å². The second kappa shape index (κ2) is 10.7. The first-order chi connectivity index (χ1) is 16.0. The van der Waals surface area contributed by atoms with E-state index >= 15 is 0 Å². The largest absolute Gasteiger partial charge is 0.385 e. The summed E-state index contributed by atoms with van der Waals surface area (Å²) in [5, 5.41) is 10.9. The summed E-state index contributed by atoms with van der Waals surface area (Å²) < 4.78 is 5.44. The highest BCUT2D eigenvalue weighted by molar-refractivity contribution is 5.89. The number of hydrogen-bond donors (Lipinski definition) is 2. The van der Waals surface area contributed by atoms with Crippen LogP contribution in [0.4, 0.5) is 5.69 Å². The van der Waals surface area contributed by atoms with Crippen LogP contribution in [0.1, 0.15) is 77.2 Å². The van der Waals surface area contributed by atoms with E-state index in [9.17, 15) is 4.79 Å². The molecule has 5 heteroatoms. The van der Waals surface area contributed by atoms with Gasteiger partial charge in [-0.3, -0.25) is 9.78 Å². The normalized spacial score (nSPS) is 35.5. The van der Waals surface area contributed by atoms with Crippen LogP contribution in [-0.2, 0) is 9.53 Å². The molecular weight excluding hydrogens is 410 g/mol. The number of rotatable bonds is 10. The second-order valence-corrected chi connectivity index (χ2v) is 11.1. The SMILES string of the molecule is CCCC1C(CCOC)CCC2C1CCC1(C)C(C(=O)CNc3cnccc3C=N)CCC21. The summed E-state index contributed by atoms with van der Waals surface area (Å²) in [6.07, 6.45) is 16.0. The van der Waals surface area contributed by atoms with Gasteiger partial charge in [0.1, 0.15) is 0 Å². The molecule has 0 aliphatic heterocycles. The molecule has 0 radical (unpaired) electrons. The lowest BCUT2D eigenvalue weighted by Crippen LogP contribution is -2.49.